The van der Waals surface area contributed by atoms with Gasteiger partial charge in [-0.3, -0.25) is 4.79 Å². The molecule has 0 unspecified atom stereocenters. The van der Waals surface area contributed by atoms with Crippen LogP contribution in [0.1, 0.15) is 18.9 Å². The van der Waals surface area contributed by atoms with E-state index < -0.39 is 0 Å². The summed E-state index contributed by atoms with van der Waals surface area (Å²) in [6.45, 7) is 6.83. The average Bonchev–Trinajstić information content (AvgIpc) is 3.71. The van der Waals surface area contributed by atoms with Crippen molar-refractivity contribution in [3.05, 3.63) is 118 Å². The zero-order valence-electron chi connectivity index (χ0n) is 22.4. The first kappa shape index (κ1) is 26.2. The van der Waals surface area contributed by atoms with Gasteiger partial charge in [-0.15, -0.1) is 5.10 Å². The fourth-order valence-corrected chi connectivity index (χ4v) is 5.21. The Labute approximate surface area is 240 Å². The Morgan fingerprint density at radius 2 is 1.61 bits per heavy atom. The van der Waals surface area contributed by atoms with Crippen LogP contribution in [0.3, 0.4) is 0 Å². The fourth-order valence-electron chi connectivity index (χ4n) is 4.31. The molecule has 204 valence electrons. The van der Waals surface area contributed by atoms with Crippen LogP contribution in [0.2, 0.25) is 0 Å². The van der Waals surface area contributed by atoms with Gasteiger partial charge in [-0.25, -0.2) is 4.68 Å². The summed E-state index contributed by atoms with van der Waals surface area (Å²) in [5.41, 5.74) is 3.99. The first-order valence-corrected chi connectivity index (χ1v) is 14.1. The van der Waals surface area contributed by atoms with Gasteiger partial charge in [0.25, 0.3) is 5.56 Å². The maximum absolute atomic E-state index is 13.4. The highest BCUT2D eigenvalue weighted by Crippen LogP contribution is 2.27. The molecule has 9 heteroatoms. The highest BCUT2D eigenvalue weighted by Gasteiger charge is 2.15. The minimum atomic E-state index is -0.226. The molecule has 3 aromatic carbocycles. The van der Waals surface area contributed by atoms with E-state index in [-0.39, 0.29) is 5.56 Å². The van der Waals surface area contributed by atoms with Gasteiger partial charge < -0.3 is 9.47 Å². The molecule has 0 atom stereocenters. The number of aromatic nitrogens is 5. The highest BCUT2D eigenvalue weighted by molar-refractivity contribution is 7.15. The predicted molar refractivity (Wildman–Crippen MR) is 162 cm³/mol. The summed E-state index contributed by atoms with van der Waals surface area (Å²) in [5.74, 6) is 2.02. The molecule has 0 amide bonds. The van der Waals surface area contributed by atoms with Crippen molar-refractivity contribution in [1.29, 1.82) is 0 Å². The molecule has 0 bridgehead atoms. The maximum atomic E-state index is 13.4. The van der Waals surface area contributed by atoms with Crippen molar-refractivity contribution < 1.29 is 9.47 Å². The number of hydrogen-bond acceptors (Lipinski definition) is 7. The van der Waals surface area contributed by atoms with Crippen LogP contribution < -0.4 is 19.6 Å². The van der Waals surface area contributed by atoms with E-state index in [0.717, 1.165) is 46.0 Å². The largest absolute Gasteiger partial charge is 0.494 e. The Hall–Kier alpha value is -5.02. The summed E-state index contributed by atoms with van der Waals surface area (Å²) in [7, 11) is 0. The Balaban J connectivity index is 1.37. The minimum Gasteiger partial charge on any atom is -0.494 e. The quantitative estimate of drug-likeness (QED) is 0.203. The van der Waals surface area contributed by atoms with Gasteiger partial charge in [0.15, 0.2) is 5.82 Å². The Kier molecular flexibility index (Phi) is 7.42. The second kappa shape index (κ2) is 11.6. The van der Waals surface area contributed by atoms with Gasteiger partial charge in [0.05, 0.1) is 16.8 Å². The number of thiazole rings is 1. The Morgan fingerprint density at radius 3 is 2.29 bits per heavy atom. The van der Waals surface area contributed by atoms with E-state index >= 15 is 0 Å². The van der Waals surface area contributed by atoms with Crippen LogP contribution in [0.15, 0.2) is 103 Å². The smallest absolute Gasteiger partial charge is 0.291 e. The van der Waals surface area contributed by atoms with Crippen molar-refractivity contribution in [1.82, 2.24) is 24.4 Å². The molecule has 8 nitrogen and oxygen atoms in total. The number of para-hydroxylation sites is 1. The highest BCUT2D eigenvalue weighted by atomic mass is 32.1. The Bertz CT molecular complexity index is 1910. The van der Waals surface area contributed by atoms with Crippen LogP contribution in [-0.2, 0) is 0 Å². The van der Waals surface area contributed by atoms with Crippen molar-refractivity contribution in [2.75, 3.05) is 13.2 Å². The van der Waals surface area contributed by atoms with Crippen LogP contribution in [-0.4, -0.2) is 37.6 Å². The molecular weight excluding hydrogens is 534 g/mol. The molecule has 0 spiro atoms. The van der Waals surface area contributed by atoms with Crippen molar-refractivity contribution in [2.45, 2.75) is 13.3 Å². The van der Waals surface area contributed by atoms with Crippen molar-refractivity contribution in [2.24, 2.45) is 0 Å². The summed E-state index contributed by atoms with van der Waals surface area (Å²) in [6.07, 6.45) is 6.43. The third-order valence-electron chi connectivity index (χ3n) is 6.31. The fraction of sp³-hybridized carbons (Fsp3) is 0.125. The zero-order chi connectivity index (χ0) is 28.2. The molecule has 3 heterocycles. The third kappa shape index (κ3) is 5.53. The lowest BCUT2D eigenvalue weighted by Crippen LogP contribution is -2.23. The second-order valence-corrected chi connectivity index (χ2v) is 10.3. The number of nitrogens with zero attached hydrogens (tertiary/aromatic N) is 5. The van der Waals surface area contributed by atoms with Gasteiger partial charge in [-0.2, -0.15) is 14.6 Å². The van der Waals surface area contributed by atoms with Gasteiger partial charge in [0.2, 0.25) is 4.96 Å². The average molecular weight is 562 g/mol. The molecule has 0 saturated heterocycles. The van der Waals surface area contributed by atoms with Crippen LogP contribution in [0.5, 0.6) is 11.5 Å². The van der Waals surface area contributed by atoms with E-state index in [1.165, 1.54) is 15.9 Å². The zero-order valence-corrected chi connectivity index (χ0v) is 23.3. The second-order valence-electron chi connectivity index (χ2n) is 9.26. The summed E-state index contributed by atoms with van der Waals surface area (Å²) < 4.78 is 15.0. The third-order valence-corrected chi connectivity index (χ3v) is 7.27. The number of hydrogen-bond donors (Lipinski definition) is 0. The lowest BCUT2D eigenvalue weighted by Gasteiger charge is -2.05. The standard InChI is InChI=1S/C32H27N5O3S/c1-3-18-39-26-14-10-22(11-15-26)29-24(21-36(34-29)25-8-6-5-7-9-25)20-28-31(38)37-32(41-28)33-30(35-37)23-12-16-27(17-13-23)40-19-4-2/h4-17,20-21H,2-3,18-19H2,1H3/b28-20+. The van der Waals surface area contributed by atoms with E-state index in [1.807, 2.05) is 95.8 Å². The number of rotatable bonds is 10. The normalized spacial score (nSPS) is 11.7. The predicted octanol–water partition coefficient (Wildman–Crippen LogP) is 5.57. The molecule has 41 heavy (non-hydrogen) atoms. The van der Waals surface area contributed by atoms with E-state index in [2.05, 4.69) is 23.6 Å². The molecule has 6 aromatic rings. The molecule has 0 radical (unpaired) electrons. The molecule has 0 fully saturated rings. The maximum Gasteiger partial charge on any atom is 0.291 e. The molecule has 0 N–H and O–H groups in total. The monoisotopic (exact) mass is 561 g/mol. The molecule has 0 aliphatic rings. The topological polar surface area (TPSA) is 83.5 Å². The summed E-state index contributed by atoms with van der Waals surface area (Å²) in [5, 5.41) is 9.38. The summed E-state index contributed by atoms with van der Waals surface area (Å²) in [4.78, 5) is 18.5. The first-order chi connectivity index (χ1) is 20.1. The number of benzene rings is 3. The Morgan fingerprint density at radius 1 is 0.902 bits per heavy atom. The molecular formula is C32H27N5O3S. The molecule has 0 saturated carbocycles. The molecule has 0 aliphatic heterocycles. The summed E-state index contributed by atoms with van der Waals surface area (Å²) >= 11 is 1.30. The van der Waals surface area contributed by atoms with E-state index in [0.29, 0.717) is 28.5 Å². The van der Waals surface area contributed by atoms with Gasteiger partial charge in [0, 0.05) is 22.9 Å². The van der Waals surface area contributed by atoms with E-state index in [9.17, 15) is 4.79 Å². The minimum absolute atomic E-state index is 0.226. The lowest BCUT2D eigenvalue weighted by atomic mass is 10.1. The van der Waals surface area contributed by atoms with Gasteiger partial charge in [-0.05, 0) is 73.2 Å². The van der Waals surface area contributed by atoms with Crippen molar-refractivity contribution in [3.8, 4) is 39.8 Å². The SMILES string of the molecule is C=CCOc1ccc(-c2nc3s/c(=C/c4cn(-c5ccccc5)nc4-c4ccc(OCCC)cc4)c(=O)n3n2)cc1. The van der Waals surface area contributed by atoms with E-state index in [1.54, 1.807) is 6.08 Å². The van der Waals surface area contributed by atoms with Gasteiger partial charge in [-0.1, -0.05) is 49.1 Å². The van der Waals surface area contributed by atoms with Gasteiger partial charge in [0.1, 0.15) is 23.8 Å². The van der Waals surface area contributed by atoms with Crippen molar-refractivity contribution >= 4 is 22.4 Å². The number of ether oxygens (including phenoxy) is 2. The summed E-state index contributed by atoms with van der Waals surface area (Å²) in [6, 6.07) is 25.2. The van der Waals surface area contributed by atoms with Crippen LogP contribution in [0, 0.1) is 0 Å². The van der Waals surface area contributed by atoms with Gasteiger partial charge >= 0.3 is 0 Å². The van der Waals surface area contributed by atoms with Crippen LogP contribution >= 0.6 is 11.3 Å². The van der Waals surface area contributed by atoms with Crippen LogP contribution in [0.25, 0.3) is 39.4 Å². The van der Waals surface area contributed by atoms with Crippen molar-refractivity contribution in [3.63, 3.8) is 0 Å². The number of fused-ring (bicyclic) bond motifs is 1. The molecule has 0 aliphatic carbocycles. The molecule has 6 rings (SSSR count). The van der Waals surface area contributed by atoms with E-state index in [4.69, 9.17) is 14.6 Å². The first-order valence-electron chi connectivity index (χ1n) is 13.3. The molecule has 3 aromatic heterocycles. The van der Waals surface area contributed by atoms with Crippen LogP contribution in [0.4, 0.5) is 0 Å². The lowest BCUT2D eigenvalue weighted by molar-refractivity contribution is 0.317.